The second kappa shape index (κ2) is 7.21. The van der Waals surface area contributed by atoms with Gasteiger partial charge in [-0.25, -0.2) is 17.2 Å². The van der Waals surface area contributed by atoms with Crippen LogP contribution < -0.4 is 0 Å². The van der Waals surface area contributed by atoms with Gasteiger partial charge in [0.2, 0.25) is 9.84 Å². The summed E-state index contributed by atoms with van der Waals surface area (Å²) < 4.78 is 54.8. The maximum absolute atomic E-state index is 14.1. The summed E-state index contributed by atoms with van der Waals surface area (Å²) in [6.07, 6.45) is 1.21. The maximum Gasteiger partial charge on any atom is 0.208 e. The third-order valence-electron chi connectivity index (χ3n) is 4.65. The fraction of sp³-hybridized carbons (Fsp3) is 0.0455. The van der Waals surface area contributed by atoms with Crippen LogP contribution in [-0.4, -0.2) is 13.4 Å². The Hall–Kier alpha value is -2.83. The number of sulfone groups is 1. The van der Waals surface area contributed by atoms with E-state index in [2.05, 4.69) is 4.98 Å². The zero-order valence-corrected chi connectivity index (χ0v) is 16.7. The summed E-state index contributed by atoms with van der Waals surface area (Å²) >= 11 is 6.11. The molecule has 1 aromatic heterocycles. The molecule has 0 saturated heterocycles. The van der Waals surface area contributed by atoms with Gasteiger partial charge in [-0.1, -0.05) is 29.8 Å². The Labute approximate surface area is 171 Å². The average Bonchev–Trinajstić information content (AvgIpc) is 2.69. The number of benzene rings is 3. The van der Waals surface area contributed by atoms with Crippen molar-refractivity contribution in [2.75, 3.05) is 0 Å². The number of aryl methyl sites for hydroxylation is 1. The lowest BCUT2D eigenvalue weighted by Gasteiger charge is -2.14. The first-order valence-electron chi connectivity index (χ1n) is 8.63. The highest BCUT2D eigenvalue weighted by atomic mass is 35.5. The summed E-state index contributed by atoms with van der Waals surface area (Å²) in [5.74, 6) is -1.16. The topological polar surface area (TPSA) is 47.0 Å². The van der Waals surface area contributed by atoms with E-state index in [1.807, 2.05) is 0 Å². The number of nitrogens with zero attached hydrogens (tertiary/aromatic N) is 1. The predicted octanol–water partition coefficient (Wildman–Crippen LogP) is 5.97. The molecule has 0 radical (unpaired) electrons. The van der Waals surface area contributed by atoms with Crippen LogP contribution >= 0.6 is 11.6 Å². The second-order valence-corrected chi connectivity index (χ2v) is 8.94. The van der Waals surface area contributed by atoms with Gasteiger partial charge in [0.1, 0.15) is 11.6 Å². The molecule has 0 unspecified atom stereocenters. The molecular weight excluding hydrogens is 416 g/mol. The average molecular weight is 430 g/mol. The second-order valence-electron chi connectivity index (χ2n) is 6.58. The summed E-state index contributed by atoms with van der Waals surface area (Å²) in [5, 5.41) is 0.717. The normalized spacial score (nSPS) is 11.7. The molecule has 0 bridgehead atoms. The molecule has 0 saturated carbocycles. The largest absolute Gasteiger partial charge is 0.255 e. The third-order valence-corrected chi connectivity index (χ3v) is 6.65. The van der Waals surface area contributed by atoms with E-state index in [0.717, 1.165) is 6.07 Å². The monoisotopic (exact) mass is 429 g/mol. The molecule has 146 valence electrons. The van der Waals surface area contributed by atoms with Gasteiger partial charge in [-0.15, -0.1) is 0 Å². The van der Waals surface area contributed by atoms with Crippen molar-refractivity contribution in [3.05, 3.63) is 89.1 Å². The third kappa shape index (κ3) is 3.50. The fourth-order valence-electron chi connectivity index (χ4n) is 3.16. The van der Waals surface area contributed by atoms with E-state index in [9.17, 15) is 17.2 Å². The Kier molecular flexibility index (Phi) is 4.84. The van der Waals surface area contributed by atoms with Crippen molar-refractivity contribution in [2.24, 2.45) is 0 Å². The highest BCUT2D eigenvalue weighted by Gasteiger charge is 2.25. The Morgan fingerprint density at radius 2 is 1.76 bits per heavy atom. The van der Waals surface area contributed by atoms with E-state index >= 15 is 0 Å². The maximum atomic E-state index is 14.1. The lowest BCUT2D eigenvalue weighted by Crippen LogP contribution is -2.06. The molecule has 0 aliphatic heterocycles. The van der Waals surface area contributed by atoms with Gasteiger partial charge in [-0.05, 0) is 60.5 Å². The molecule has 1 heterocycles. The molecule has 0 spiro atoms. The van der Waals surface area contributed by atoms with Crippen molar-refractivity contribution in [3.63, 3.8) is 0 Å². The highest BCUT2D eigenvalue weighted by Crippen LogP contribution is 2.37. The fourth-order valence-corrected chi connectivity index (χ4v) is 4.80. The van der Waals surface area contributed by atoms with E-state index in [-0.39, 0.29) is 15.4 Å². The van der Waals surface area contributed by atoms with E-state index in [1.165, 1.54) is 36.5 Å². The molecule has 0 fully saturated rings. The summed E-state index contributed by atoms with van der Waals surface area (Å²) in [7, 11) is -4.14. The minimum atomic E-state index is -4.14. The summed E-state index contributed by atoms with van der Waals surface area (Å²) in [6, 6.07) is 14.3. The molecule has 3 aromatic carbocycles. The quantitative estimate of drug-likeness (QED) is 0.402. The van der Waals surface area contributed by atoms with Crippen LogP contribution in [0.2, 0.25) is 5.02 Å². The van der Waals surface area contributed by atoms with Gasteiger partial charge in [0.05, 0.1) is 15.3 Å². The SMILES string of the molecule is Cc1ccc(S(=O)(=O)c2cnc3ccc(F)cc3c2-c2cccc(Cl)c2)cc1F. The number of aromatic nitrogens is 1. The standard InChI is InChI=1S/C22H14ClF2NO2S/c1-13-5-7-17(11-19(13)25)29(27,28)21-12-26-20-8-6-16(24)10-18(20)22(21)14-3-2-4-15(23)9-14/h2-12H,1H3. The van der Waals surface area contributed by atoms with Crippen LogP contribution in [0.1, 0.15) is 5.56 Å². The molecule has 7 heteroatoms. The lowest BCUT2D eigenvalue weighted by molar-refractivity contribution is 0.589. The number of rotatable bonds is 3. The molecule has 4 aromatic rings. The Bertz CT molecular complexity index is 1370. The minimum absolute atomic E-state index is 0.152. The summed E-state index contributed by atoms with van der Waals surface area (Å²) in [4.78, 5) is 3.83. The summed E-state index contributed by atoms with van der Waals surface area (Å²) in [6.45, 7) is 1.55. The molecule has 0 amide bonds. The first-order chi connectivity index (χ1) is 13.8. The van der Waals surface area contributed by atoms with Crippen LogP contribution in [0, 0.1) is 18.6 Å². The van der Waals surface area contributed by atoms with Crippen LogP contribution in [0.5, 0.6) is 0 Å². The molecule has 0 aliphatic carbocycles. The Balaban J connectivity index is 2.09. The van der Waals surface area contributed by atoms with E-state index in [4.69, 9.17) is 11.6 Å². The van der Waals surface area contributed by atoms with Crippen LogP contribution in [0.4, 0.5) is 8.78 Å². The highest BCUT2D eigenvalue weighted by molar-refractivity contribution is 7.91. The van der Waals surface area contributed by atoms with Gasteiger partial charge in [-0.2, -0.15) is 0 Å². The van der Waals surface area contributed by atoms with Gasteiger partial charge >= 0.3 is 0 Å². The van der Waals surface area contributed by atoms with Crippen LogP contribution in [0.15, 0.2) is 76.7 Å². The molecule has 0 N–H and O–H groups in total. The van der Waals surface area contributed by atoms with Crippen molar-refractivity contribution in [1.82, 2.24) is 4.98 Å². The molecule has 4 rings (SSSR count). The van der Waals surface area contributed by atoms with Crippen LogP contribution in [-0.2, 0) is 9.84 Å². The lowest BCUT2D eigenvalue weighted by atomic mass is 10.0. The molecular formula is C22H14ClF2NO2S. The molecule has 0 aliphatic rings. The van der Waals surface area contributed by atoms with Crippen molar-refractivity contribution in [1.29, 1.82) is 0 Å². The first-order valence-corrected chi connectivity index (χ1v) is 10.5. The van der Waals surface area contributed by atoms with Crippen LogP contribution in [0.25, 0.3) is 22.0 Å². The predicted molar refractivity (Wildman–Crippen MR) is 109 cm³/mol. The van der Waals surface area contributed by atoms with E-state index < -0.39 is 21.5 Å². The Morgan fingerprint density at radius 1 is 0.966 bits per heavy atom. The molecule has 29 heavy (non-hydrogen) atoms. The van der Waals surface area contributed by atoms with Crippen LogP contribution in [0.3, 0.4) is 0 Å². The van der Waals surface area contributed by atoms with Crippen molar-refractivity contribution in [3.8, 4) is 11.1 Å². The van der Waals surface area contributed by atoms with Gasteiger partial charge in [0, 0.05) is 22.2 Å². The smallest absolute Gasteiger partial charge is 0.208 e. The Morgan fingerprint density at radius 3 is 2.48 bits per heavy atom. The van der Waals surface area contributed by atoms with E-state index in [1.54, 1.807) is 31.2 Å². The van der Waals surface area contributed by atoms with Gasteiger partial charge in [0.25, 0.3) is 0 Å². The number of hydrogen-bond donors (Lipinski definition) is 0. The zero-order chi connectivity index (χ0) is 20.8. The van der Waals surface area contributed by atoms with Crippen molar-refractivity contribution >= 4 is 32.3 Å². The van der Waals surface area contributed by atoms with Crippen molar-refractivity contribution < 1.29 is 17.2 Å². The summed E-state index contributed by atoms with van der Waals surface area (Å²) in [5.41, 5.74) is 1.51. The minimum Gasteiger partial charge on any atom is -0.255 e. The number of pyridine rings is 1. The number of fused-ring (bicyclic) bond motifs is 1. The van der Waals surface area contributed by atoms with E-state index in [0.29, 0.717) is 27.1 Å². The van der Waals surface area contributed by atoms with Gasteiger partial charge < -0.3 is 0 Å². The molecule has 3 nitrogen and oxygen atoms in total. The van der Waals surface area contributed by atoms with Gasteiger partial charge in [-0.3, -0.25) is 4.98 Å². The molecule has 0 atom stereocenters. The number of hydrogen-bond acceptors (Lipinski definition) is 3. The number of halogens is 3. The zero-order valence-electron chi connectivity index (χ0n) is 15.2. The first kappa shape index (κ1) is 19.5. The van der Waals surface area contributed by atoms with Crippen molar-refractivity contribution in [2.45, 2.75) is 16.7 Å². The van der Waals surface area contributed by atoms with Gasteiger partial charge in [0.15, 0.2) is 0 Å².